The lowest BCUT2D eigenvalue weighted by Gasteiger charge is -2.19. The summed E-state index contributed by atoms with van der Waals surface area (Å²) < 4.78 is 45.5. The van der Waals surface area contributed by atoms with Crippen LogP contribution in [0, 0.1) is 18.3 Å². The van der Waals surface area contributed by atoms with Crippen molar-refractivity contribution in [3.05, 3.63) is 81.3 Å². The summed E-state index contributed by atoms with van der Waals surface area (Å²) in [4.78, 5) is 19.0. The Labute approximate surface area is 204 Å². The average molecular weight is 493 g/mol. The Kier molecular flexibility index (Phi) is 6.33. The molecule has 0 aliphatic carbocycles. The lowest BCUT2D eigenvalue weighted by molar-refractivity contribution is -0.137. The van der Waals surface area contributed by atoms with Gasteiger partial charge in [-0.25, -0.2) is 4.79 Å². The van der Waals surface area contributed by atoms with E-state index in [2.05, 4.69) is 21.4 Å². The molecule has 0 saturated heterocycles. The van der Waals surface area contributed by atoms with Crippen LogP contribution in [0.15, 0.2) is 53.3 Å². The molecule has 10 heteroatoms. The number of anilines is 2. The van der Waals surface area contributed by atoms with E-state index in [1.165, 1.54) is 13.2 Å². The number of rotatable bonds is 5. The van der Waals surface area contributed by atoms with Crippen molar-refractivity contribution < 1.29 is 17.9 Å². The van der Waals surface area contributed by atoms with Crippen LogP contribution < -0.4 is 21.5 Å². The Hall–Kier alpha value is -4.52. The van der Waals surface area contributed by atoms with Crippen LogP contribution in [-0.4, -0.2) is 17.1 Å². The van der Waals surface area contributed by atoms with E-state index in [-0.39, 0.29) is 17.1 Å². The molecular weight excluding hydrogens is 471 g/mol. The van der Waals surface area contributed by atoms with E-state index < -0.39 is 23.5 Å². The number of nitrogen functional groups attached to an aromatic ring is 1. The molecule has 0 bridgehead atoms. The number of aromatic amines is 1. The maximum atomic E-state index is 13.3. The van der Waals surface area contributed by atoms with E-state index in [1.807, 2.05) is 13.0 Å². The summed E-state index contributed by atoms with van der Waals surface area (Å²) in [5.74, 6) is 0.641. The van der Waals surface area contributed by atoms with Crippen molar-refractivity contribution in [3.8, 4) is 22.9 Å². The first-order valence-corrected chi connectivity index (χ1v) is 10.9. The lowest BCUT2D eigenvalue weighted by atomic mass is 9.96. The van der Waals surface area contributed by atoms with Gasteiger partial charge >= 0.3 is 11.9 Å². The first-order chi connectivity index (χ1) is 17.0. The minimum Gasteiger partial charge on any atom is -0.496 e. The van der Waals surface area contributed by atoms with E-state index in [4.69, 9.17) is 10.5 Å². The van der Waals surface area contributed by atoms with Crippen LogP contribution in [0.25, 0.3) is 22.0 Å². The van der Waals surface area contributed by atoms with Crippen molar-refractivity contribution >= 4 is 22.4 Å². The zero-order chi connectivity index (χ0) is 26.2. The zero-order valence-electron chi connectivity index (χ0n) is 19.6. The maximum Gasteiger partial charge on any atom is 0.416 e. The Morgan fingerprint density at radius 2 is 1.89 bits per heavy atom. The standard InChI is InChI=1S/C26H22F3N5O2/c1-13-4-5-15(12-30)6-19(13)20-10-21-22(11-23(20)36-3)33-25(35)34-24(21)32-14(2)16-7-17(26(27,28)29)9-18(31)8-16/h4-11,14H,31H2,1-3H3,(H2,32,33,34,35). The number of aromatic nitrogens is 2. The number of benzene rings is 3. The Morgan fingerprint density at radius 3 is 2.56 bits per heavy atom. The second-order valence-electron chi connectivity index (χ2n) is 8.38. The molecule has 0 aliphatic rings. The zero-order valence-corrected chi connectivity index (χ0v) is 19.6. The molecule has 0 spiro atoms. The number of hydrogen-bond acceptors (Lipinski definition) is 6. The van der Waals surface area contributed by atoms with Gasteiger partial charge in [-0.05, 0) is 66.9 Å². The summed E-state index contributed by atoms with van der Waals surface area (Å²) in [6.45, 7) is 3.54. The molecule has 36 heavy (non-hydrogen) atoms. The van der Waals surface area contributed by atoms with E-state index >= 15 is 0 Å². The molecule has 1 heterocycles. The Bertz CT molecular complexity index is 1570. The van der Waals surface area contributed by atoms with Crippen LogP contribution >= 0.6 is 0 Å². The predicted molar refractivity (Wildman–Crippen MR) is 132 cm³/mol. The van der Waals surface area contributed by atoms with Crippen molar-refractivity contribution in [1.82, 2.24) is 9.97 Å². The van der Waals surface area contributed by atoms with Gasteiger partial charge in [-0.2, -0.15) is 23.4 Å². The quantitative estimate of drug-likeness (QED) is 0.314. The molecule has 1 unspecified atom stereocenters. The van der Waals surface area contributed by atoms with Gasteiger partial charge in [-0.1, -0.05) is 6.07 Å². The number of halogens is 3. The second kappa shape index (κ2) is 9.26. The number of ether oxygens (including phenoxy) is 1. The summed E-state index contributed by atoms with van der Waals surface area (Å²) in [6, 6.07) is 13.4. The molecule has 4 rings (SSSR count). The van der Waals surface area contributed by atoms with Crippen molar-refractivity contribution in [3.63, 3.8) is 0 Å². The second-order valence-corrected chi connectivity index (χ2v) is 8.38. The van der Waals surface area contributed by atoms with Gasteiger partial charge in [0.1, 0.15) is 11.6 Å². The minimum absolute atomic E-state index is 0.0305. The molecule has 4 N–H and O–H groups in total. The average Bonchev–Trinajstić information content (AvgIpc) is 2.82. The van der Waals surface area contributed by atoms with Crippen LogP contribution in [0.3, 0.4) is 0 Å². The molecule has 0 radical (unpaired) electrons. The highest BCUT2D eigenvalue weighted by Gasteiger charge is 2.31. The number of hydrogen-bond donors (Lipinski definition) is 3. The smallest absolute Gasteiger partial charge is 0.416 e. The number of nitriles is 1. The number of nitrogens with zero attached hydrogens (tertiary/aromatic N) is 2. The van der Waals surface area contributed by atoms with Gasteiger partial charge < -0.3 is 20.8 Å². The third-order valence-electron chi connectivity index (χ3n) is 5.86. The summed E-state index contributed by atoms with van der Waals surface area (Å²) in [5.41, 5.74) is 7.66. The molecule has 7 nitrogen and oxygen atoms in total. The van der Waals surface area contributed by atoms with Crippen LogP contribution in [-0.2, 0) is 6.18 Å². The van der Waals surface area contributed by atoms with Crippen LogP contribution in [0.1, 0.15) is 35.2 Å². The van der Waals surface area contributed by atoms with Crippen LogP contribution in [0.4, 0.5) is 24.7 Å². The molecule has 184 valence electrons. The normalized spacial score (nSPS) is 12.2. The monoisotopic (exact) mass is 493 g/mol. The Balaban J connectivity index is 1.86. The van der Waals surface area contributed by atoms with Crippen LogP contribution in [0.5, 0.6) is 5.75 Å². The largest absolute Gasteiger partial charge is 0.496 e. The number of methoxy groups -OCH3 is 1. The maximum absolute atomic E-state index is 13.3. The predicted octanol–water partition coefficient (Wildman–Crippen LogP) is 5.55. The third kappa shape index (κ3) is 4.81. The van der Waals surface area contributed by atoms with Gasteiger partial charge in [0, 0.05) is 22.7 Å². The highest BCUT2D eigenvalue weighted by atomic mass is 19.4. The number of aryl methyl sites for hydroxylation is 1. The molecule has 4 aromatic rings. The van der Waals surface area contributed by atoms with Gasteiger partial charge in [-0.3, -0.25) is 0 Å². The first-order valence-electron chi connectivity index (χ1n) is 10.9. The van der Waals surface area contributed by atoms with Gasteiger partial charge in [-0.15, -0.1) is 0 Å². The topological polar surface area (TPSA) is 117 Å². The number of nitrogens with two attached hydrogens (primary N) is 1. The summed E-state index contributed by atoms with van der Waals surface area (Å²) in [6.07, 6.45) is -4.56. The molecule has 0 saturated carbocycles. The van der Waals surface area contributed by atoms with Gasteiger partial charge in [0.15, 0.2) is 0 Å². The number of nitrogens with one attached hydrogen (secondary N) is 2. The molecular formula is C26H22F3N5O2. The fourth-order valence-corrected chi connectivity index (χ4v) is 4.03. The Morgan fingerprint density at radius 1 is 1.14 bits per heavy atom. The molecule has 0 amide bonds. The van der Waals surface area contributed by atoms with Gasteiger partial charge in [0.2, 0.25) is 0 Å². The molecule has 0 fully saturated rings. The summed E-state index contributed by atoms with van der Waals surface area (Å²) >= 11 is 0. The highest BCUT2D eigenvalue weighted by molar-refractivity contribution is 5.95. The van der Waals surface area contributed by atoms with Crippen molar-refractivity contribution in [1.29, 1.82) is 5.26 Å². The fourth-order valence-electron chi connectivity index (χ4n) is 4.03. The molecule has 0 aliphatic heterocycles. The highest BCUT2D eigenvalue weighted by Crippen LogP contribution is 2.38. The first kappa shape index (κ1) is 24.6. The summed E-state index contributed by atoms with van der Waals surface area (Å²) in [7, 11) is 1.49. The van der Waals surface area contributed by atoms with E-state index in [0.29, 0.717) is 27.8 Å². The van der Waals surface area contributed by atoms with Crippen molar-refractivity contribution in [2.24, 2.45) is 0 Å². The van der Waals surface area contributed by atoms with Gasteiger partial charge in [0.25, 0.3) is 0 Å². The van der Waals surface area contributed by atoms with E-state index in [9.17, 15) is 23.2 Å². The van der Waals surface area contributed by atoms with Crippen LogP contribution in [0.2, 0.25) is 0 Å². The van der Waals surface area contributed by atoms with Gasteiger partial charge in [0.05, 0.1) is 35.9 Å². The molecule has 1 aromatic heterocycles. The number of H-pyrrole nitrogens is 1. The molecule has 1 atom stereocenters. The van der Waals surface area contributed by atoms with E-state index in [1.54, 1.807) is 31.2 Å². The summed E-state index contributed by atoms with van der Waals surface area (Å²) in [5, 5.41) is 12.9. The molecule has 3 aromatic carbocycles. The fraction of sp³-hybridized carbons (Fsp3) is 0.192. The SMILES string of the molecule is COc1cc2[nH]c(=O)nc(NC(C)c3cc(N)cc(C(F)(F)F)c3)c2cc1-c1cc(C#N)ccc1C. The lowest BCUT2D eigenvalue weighted by Crippen LogP contribution is -2.17. The number of alkyl halides is 3. The van der Waals surface area contributed by atoms with Crippen molar-refractivity contribution in [2.45, 2.75) is 26.1 Å². The minimum atomic E-state index is -4.56. The number of fused-ring (bicyclic) bond motifs is 1. The van der Waals surface area contributed by atoms with E-state index in [0.717, 1.165) is 23.3 Å². The van der Waals surface area contributed by atoms with Crippen molar-refractivity contribution in [2.75, 3.05) is 18.2 Å². The third-order valence-corrected chi connectivity index (χ3v) is 5.86.